The van der Waals surface area contributed by atoms with Crippen LogP contribution in [0.15, 0.2) is 24.3 Å². The summed E-state index contributed by atoms with van der Waals surface area (Å²) in [6.45, 7) is 2.03. The third-order valence-electron chi connectivity index (χ3n) is 4.50. The molecule has 21 heavy (non-hydrogen) atoms. The first-order valence-electron chi connectivity index (χ1n) is 7.64. The quantitative estimate of drug-likeness (QED) is 0.784. The van der Waals surface area contributed by atoms with Crippen molar-refractivity contribution in [2.24, 2.45) is 0 Å². The first kappa shape index (κ1) is 14.5. The molecule has 0 amide bonds. The number of hydrogen-bond acceptors (Lipinski definition) is 4. The SMILES string of the molecule is COC(=O)C1OC2(CCCCC2)O[C@@H]1c1ccccc1C. The second-order valence-electron chi connectivity index (χ2n) is 5.93. The Labute approximate surface area is 125 Å². The molecule has 1 saturated carbocycles. The number of ether oxygens (including phenoxy) is 3. The summed E-state index contributed by atoms with van der Waals surface area (Å²) in [5.74, 6) is -0.963. The van der Waals surface area contributed by atoms with Crippen LogP contribution in [-0.4, -0.2) is 25.0 Å². The molecule has 4 nitrogen and oxygen atoms in total. The van der Waals surface area contributed by atoms with Gasteiger partial charge in [0.1, 0.15) is 6.10 Å². The lowest BCUT2D eigenvalue weighted by atomic mass is 9.94. The van der Waals surface area contributed by atoms with Crippen LogP contribution in [0.3, 0.4) is 0 Å². The molecule has 2 fully saturated rings. The van der Waals surface area contributed by atoms with Gasteiger partial charge in [0.05, 0.1) is 7.11 Å². The number of carbonyl (C=O) groups excluding carboxylic acids is 1. The summed E-state index contributed by atoms with van der Waals surface area (Å²) in [6, 6.07) is 7.98. The molecule has 2 atom stereocenters. The molecule has 114 valence electrons. The monoisotopic (exact) mass is 290 g/mol. The summed E-state index contributed by atoms with van der Waals surface area (Å²) in [6.07, 6.45) is 4.01. The first-order valence-corrected chi connectivity index (χ1v) is 7.64. The van der Waals surface area contributed by atoms with E-state index in [1.165, 1.54) is 13.5 Å². The third-order valence-corrected chi connectivity index (χ3v) is 4.50. The number of methoxy groups -OCH3 is 1. The molecule has 0 aromatic heterocycles. The van der Waals surface area contributed by atoms with E-state index >= 15 is 0 Å². The predicted octanol–water partition coefficient (Wildman–Crippen LogP) is 3.28. The molecule has 4 heteroatoms. The number of rotatable bonds is 2. The number of carbonyl (C=O) groups is 1. The van der Waals surface area contributed by atoms with E-state index in [4.69, 9.17) is 14.2 Å². The molecule has 1 saturated heterocycles. The Morgan fingerprint density at radius 1 is 1.19 bits per heavy atom. The Morgan fingerprint density at radius 3 is 2.57 bits per heavy atom. The Bertz CT molecular complexity index is 519. The Hall–Kier alpha value is -1.39. The van der Waals surface area contributed by atoms with Crippen LogP contribution in [0.4, 0.5) is 0 Å². The van der Waals surface area contributed by atoms with Gasteiger partial charge in [0.15, 0.2) is 11.9 Å². The summed E-state index contributed by atoms with van der Waals surface area (Å²) in [4.78, 5) is 12.1. The van der Waals surface area contributed by atoms with Crippen molar-refractivity contribution in [1.29, 1.82) is 0 Å². The lowest BCUT2D eigenvalue weighted by Gasteiger charge is -2.31. The Kier molecular flexibility index (Phi) is 4.00. The van der Waals surface area contributed by atoms with E-state index < -0.39 is 11.9 Å². The second-order valence-corrected chi connectivity index (χ2v) is 5.93. The molecule has 1 aliphatic carbocycles. The molecular formula is C17H22O4. The van der Waals surface area contributed by atoms with Gasteiger partial charge in [-0.15, -0.1) is 0 Å². The molecule has 1 aromatic carbocycles. The van der Waals surface area contributed by atoms with E-state index in [1.807, 2.05) is 31.2 Å². The van der Waals surface area contributed by atoms with Crippen LogP contribution in [0.25, 0.3) is 0 Å². The van der Waals surface area contributed by atoms with Gasteiger partial charge >= 0.3 is 5.97 Å². The van der Waals surface area contributed by atoms with Crippen molar-refractivity contribution < 1.29 is 19.0 Å². The fourth-order valence-corrected chi connectivity index (χ4v) is 3.36. The lowest BCUT2D eigenvalue weighted by molar-refractivity contribution is -0.199. The molecule has 1 aliphatic heterocycles. The topological polar surface area (TPSA) is 44.8 Å². The summed E-state index contributed by atoms with van der Waals surface area (Å²) < 4.78 is 17.3. The van der Waals surface area contributed by atoms with E-state index in [0.717, 1.165) is 36.8 Å². The number of aryl methyl sites for hydroxylation is 1. The maximum absolute atomic E-state index is 12.1. The molecule has 1 aromatic rings. The van der Waals surface area contributed by atoms with Crippen molar-refractivity contribution in [3.05, 3.63) is 35.4 Å². The van der Waals surface area contributed by atoms with Gasteiger partial charge in [-0.3, -0.25) is 0 Å². The van der Waals surface area contributed by atoms with Gasteiger partial charge < -0.3 is 14.2 Å². The van der Waals surface area contributed by atoms with Crippen LogP contribution in [0.2, 0.25) is 0 Å². The number of benzene rings is 1. The normalized spacial score (nSPS) is 27.7. The van der Waals surface area contributed by atoms with E-state index in [0.29, 0.717) is 0 Å². The zero-order valence-electron chi connectivity index (χ0n) is 12.6. The predicted molar refractivity (Wildman–Crippen MR) is 77.7 cm³/mol. The first-order chi connectivity index (χ1) is 10.2. The minimum atomic E-state index is -0.672. The fourth-order valence-electron chi connectivity index (χ4n) is 3.36. The van der Waals surface area contributed by atoms with Gasteiger partial charge in [-0.2, -0.15) is 0 Å². The van der Waals surface area contributed by atoms with Crippen LogP contribution in [-0.2, 0) is 19.0 Å². The highest BCUT2D eigenvalue weighted by atomic mass is 16.8. The molecule has 3 rings (SSSR count). The van der Waals surface area contributed by atoms with E-state index in [-0.39, 0.29) is 12.1 Å². The molecule has 0 radical (unpaired) electrons. The zero-order valence-corrected chi connectivity index (χ0v) is 12.6. The van der Waals surface area contributed by atoms with Gasteiger partial charge in [-0.25, -0.2) is 4.79 Å². The third kappa shape index (κ3) is 2.70. The largest absolute Gasteiger partial charge is 0.467 e. The summed E-state index contributed by atoms with van der Waals surface area (Å²) in [5, 5.41) is 0. The van der Waals surface area contributed by atoms with Crippen LogP contribution < -0.4 is 0 Å². The smallest absolute Gasteiger partial charge is 0.338 e. The molecule has 0 bridgehead atoms. The van der Waals surface area contributed by atoms with Gasteiger partial charge in [0, 0.05) is 12.8 Å². The molecule has 0 N–H and O–H groups in total. The molecule has 2 aliphatic rings. The van der Waals surface area contributed by atoms with Crippen molar-refractivity contribution in [3.8, 4) is 0 Å². The van der Waals surface area contributed by atoms with Crippen LogP contribution in [0.5, 0.6) is 0 Å². The van der Waals surface area contributed by atoms with Gasteiger partial charge in [0.2, 0.25) is 0 Å². The standard InChI is InChI=1S/C17H22O4/c1-12-8-4-5-9-13(12)14-15(16(18)19-2)21-17(20-14)10-6-3-7-11-17/h4-5,8-9,14-15H,3,6-7,10-11H2,1-2H3/t14-,15?/m1/s1. The Balaban J connectivity index is 1.92. The zero-order chi connectivity index (χ0) is 14.9. The van der Waals surface area contributed by atoms with Crippen molar-refractivity contribution in [2.45, 2.75) is 57.0 Å². The van der Waals surface area contributed by atoms with Crippen LogP contribution in [0, 0.1) is 6.92 Å². The number of esters is 1. The lowest BCUT2D eigenvalue weighted by Crippen LogP contribution is -2.35. The van der Waals surface area contributed by atoms with Gasteiger partial charge in [-0.05, 0) is 30.9 Å². The van der Waals surface area contributed by atoms with Gasteiger partial charge in [0.25, 0.3) is 0 Å². The minimum Gasteiger partial charge on any atom is -0.467 e. The Morgan fingerprint density at radius 2 is 1.90 bits per heavy atom. The highest BCUT2D eigenvalue weighted by Gasteiger charge is 2.52. The molecule has 1 heterocycles. The second kappa shape index (κ2) is 5.78. The highest BCUT2D eigenvalue weighted by Crippen LogP contribution is 2.46. The molecule has 1 spiro atoms. The average Bonchev–Trinajstić information content (AvgIpc) is 2.86. The van der Waals surface area contributed by atoms with Crippen molar-refractivity contribution in [3.63, 3.8) is 0 Å². The van der Waals surface area contributed by atoms with E-state index in [9.17, 15) is 4.79 Å². The fraction of sp³-hybridized carbons (Fsp3) is 0.588. The molecule has 1 unspecified atom stereocenters. The average molecular weight is 290 g/mol. The molecular weight excluding hydrogens is 268 g/mol. The minimum absolute atomic E-state index is 0.356. The highest BCUT2D eigenvalue weighted by molar-refractivity contribution is 5.76. The van der Waals surface area contributed by atoms with E-state index in [2.05, 4.69) is 0 Å². The van der Waals surface area contributed by atoms with E-state index in [1.54, 1.807) is 0 Å². The number of hydrogen-bond donors (Lipinski definition) is 0. The summed E-state index contributed by atoms with van der Waals surface area (Å²) in [5.41, 5.74) is 2.11. The maximum Gasteiger partial charge on any atom is 0.338 e. The van der Waals surface area contributed by atoms with Crippen molar-refractivity contribution in [2.75, 3.05) is 7.11 Å². The summed E-state index contributed by atoms with van der Waals surface area (Å²) >= 11 is 0. The maximum atomic E-state index is 12.1. The van der Waals surface area contributed by atoms with Gasteiger partial charge in [-0.1, -0.05) is 30.7 Å². The van der Waals surface area contributed by atoms with Crippen molar-refractivity contribution in [1.82, 2.24) is 0 Å². The summed E-state index contributed by atoms with van der Waals surface area (Å²) in [7, 11) is 1.40. The van der Waals surface area contributed by atoms with Crippen molar-refractivity contribution >= 4 is 5.97 Å². The van der Waals surface area contributed by atoms with Crippen LogP contribution in [0.1, 0.15) is 49.3 Å². The van der Waals surface area contributed by atoms with Crippen LogP contribution >= 0.6 is 0 Å².